The fraction of sp³-hybridized carbons (Fsp3) is 0.667. The van der Waals surface area contributed by atoms with E-state index < -0.39 is 0 Å². The summed E-state index contributed by atoms with van der Waals surface area (Å²) in [5.41, 5.74) is 0. The van der Waals surface area contributed by atoms with Gasteiger partial charge in [0.1, 0.15) is 6.10 Å². The Balaban J connectivity index is 2.08. The Kier molecular flexibility index (Phi) is 2.25. The Morgan fingerprint density at radius 1 is 1.42 bits per heavy atom. The summed E-state index contributed by atoms with van der Waals surface area (Å²) in [5.74, 6) is 0.444. The molecule has 0 aromatic carbocycles. The van der Waals surface area contributed by atoms with Crippen LogP contribution in [0, 0.1) is 0 Å². The SMILES string of the molecule is Clc1nc(C2COCCO2)no1. The van der Waals surface area contributed by atoms with Gasteiger partial charge in [-0.15, -0.1) is 0 Å². The standard InChI is InChI=1S/C6H7ClN2O3/c7-6-8-5(9-12-6)4-3-10-1-2-11-4/h4H,1-3H2. The quantitative estimate of drug-likeness (QED) is 0.656. The van der Waals surface area contributed by atoms with E-state index in [0.717, 1.165) is 0 Å². The van der Waals surface area contributed by atoms with Crippen LogP contribution in [0.15, 0.2) is 4.52 Å². The summed E-state index contributed by atoms with van der Waals surface area (Å²) in [6, 6.07) is 0. The number of hydrogen-bond donors (Lipinski definition) is 0. The topological polar surface area (TPSA) is 57.4 Å². The normalized spacial score (nSPS) is 24.2. The van der Waals surface area contributed by atoms with E-state index in [4.69, 9.17) is 21.1 Å². The van der Waals surface area contributed by atoms with Crippen LogP contribution in [0.2, 0.25) is 5.35 Å². The van der Waals surface area contributed by atoms with E-state index in [9.17, 15) is 0 Å². The van der Waals surface area contributed by atoms with Crippen LogP contribution in [-0.2, 0) is 9.47 Å². The van der Waals surface area contributed by atoms with Crippen molar-refractivity contribution >= 4 is 11.6 Å². The van der Waals surface area contributed by atoms with E-state index in [1.807, 2.05) is 0 Å². The molecule has 6 heteroatoms. The van der Waals surface area contributed by atoms with Gasteiger partial charge in [0.25, 0.3) is 0 Å². The van der Waals surface area contributed by atoms with E-state index in [1.165, 1.54) is 0 Å². The summed E-state index contributed by atoms with van der Waals surface area (Å²) in [7, 11) is 0. The Morgan fingerprint density at radius 2 is 2.33 bits per heavy atom. The minimum absolute atomic E-state index is 0.0270. The molecular formula is C6H7ClN2O3. The van der Waals surface area contributed by atoms with E-state index in [0.29, 0.717) is 25.6 Å². The molecule has 1 atom stereocenters. The minimum Gasteiger partial charge on any atom is -0.376 e. The van der Waals surface area contributed by atoms with Crippen LogP contribution in [0.3, 0.4) is 0 Å². The van der Waals surface area contributed by atoms with Crippen molar-refractivity contribution < 1.29 is 14.0 Å². The Hall–Kier alpha value is -0.650. The van der Waals surface area contributed by atoms with E-state index >= 15 is 0 Å². The van der Waals surface area contributed by atoms with Gasteiger partial charge in [0, 0.05) is 0 Å². The highest BCUT2D eigenvalue weighted by molar-refractivity contribution is 6.27. The molecule has 12 heavy (non-hydrogen) atoms. The molecule has 0 saturated carbocycles. The Bertz CT molecular complexity index is 259. The first-order valence-electron chi connectivity index (χ1n) is 3.55. The van der Waals surface area contributed by atoms with Crippen molar-refractivity contribution in [2.24, 2.45) is 0 Å². The van der Waals surface area contributed by atoms with Crippen LogP contribution in [0.4, 0.5) is 0 Å². The van der Waals surface area contributed by atoms with Crippen molar-refractivity contribution in [3.63, 3.8) is 0 Å². The Morgan fingerprint density at radius 3 is 2.92 bits per heavy atom. The fourth-order valence-electron chi connectivity index (χ4n) is 0.983. The number of nitrogens with zero attached hydrogens (tertiary/aromatic N) is 2. The predicted octanol–water partition coefficient (Wildman–Crippen LogP) is 0.811. The highest BCUT2D eigenvalue weighted by Crippen LogP contribution is 2.18. The molecule has 0 radical (unpaired) electrons. The molecule has 2 rings (SSSR count). The predicted molar refractivity (Wildman–Crippen MR) is 38.8 cm³/mol. The summed E-state index contributed by atoms with van der Waals surface area (Å²) < 4.78 is 15.1. The van der Waals surface area contributed by atoms with Crippen molar-refractivity contribution in [2.75, 3.05) is 19.8 Å². The molecule has 1 fully saturated rings. The van der Waals surface area contributed by atoms with Gasteiger partial charge in [-0.1, -0.05) is 5.16 Å². The molecule has 0 N–H and O–H groups in total. The summed E-state index contributed by atoms with van der Waals surface area (Å²) in [5, 5.41) is 3.64. The van der Waals surface area contributed by atoms with Crippen LogP contribution < -0.4 is 0 Å². The monoisotopic (exact) mass is 190 g/mol. The van der Waals surface area contributed by atoms with Crippen molar-refractivity contribution in [2.45, 2.75) is 6.10 Å². The first-order valence-corrected chi connectivity index (χ1v) is 3.92. The van der Waals surface area contributed by atoms with Gasteiger partial charge in [-0.2, -0.15) is 4.98 Å². The second-order valence-corrected chi connectivity index (χ2v) is 2.66. The number of ether oxygens (including phenoxy) is 2. The lowest BCUT2D eigenvalue weighted by Crippen LogP contribution is -2.22. The van der Waals surface area contributed by atoms with Gasteiger partial charge in [-0.3, -0.25) is 0 Å². The molecular weight excluding hydrogens is 184 g/mol. The van der Waals surface area contributed by atoms with Crippen LogP contribution in [0.1, 0.15) is 11.9 Å². The molecule has 0 aliphatic carbocycles. The maximum absolute atomic E-state index is 5.44. The highest BCUT2D eigenvalue weighted by Gasteiger charge is 2.21. The van der Waals surface area contributed by atoms with Gasteiger partial charge >= 0.3 is 5.35 Å². The van der Waals surface area contributed by atoms with Gasteiger partial charge in [-0.05, 0) is 11.6 Å². The molecule has 1 aliphatic rings. The van der Waals surface area contributed by atoms with Crippen LogP contribution in [-0.4, -0.2) is 30.0 Å². The lowest BCUT2D eigenvalue weighted by Gasteiger charge is -2.19. The molecule has 0 spiro atoms. The molecule has 5 nitrogen and oxygen atoms in total. The van der Waals surface area contributed by atoms with Gasteiger partial charge in [0.05, 0.1) is 19.8 Å². The third kappa shape index (κ3) is 1.57. The molecule has 1 saturated heterocycles. The summed E-state index contributed by atoms with van der Waals surface area (Å²) in [6.07, 6.45) is -0.241. The van der Waals surface area contributed by atoms with E-state index in [2.05, 4.69) is 14.7 Å². The lowest BCUT2D eigenvalue weighted by molar-refractivity contribution is -0.0941. The van der Waals surface area contributed by atoms with Gasteiger partial charge < -0.3 is 14.0 Å². The van der Waals surface area contributed by atoms with Gasteiger partial charge in [0.15, 0.2) is 0 Å². The molecule has 2 heterocycles. The van der Waals surface area contributed by atoms with Crippen molar-refractivity contribution in [3.8, 4) is 0 Å². The Labute approximate surface area is 73.6 Å². The molecule has 1 aromatic rings. The third-order valence-electron chi connectivity index (χ3n) is 1.52. The van der Waals surface area contributed by atoms with Crippen molar-refractivity contribution in [1.82, 2.24) is 10.1 Å². The summed E-state index contributed by atoms with van der Waals surface area (Å²) in [4.78, 5) is 3.82. The number of hydrogen-bond acceptors (Lipinski definition) is 5. The third-order valence-corrected chi connectivity index (χ3v) is 1.67. The summed E-state index contributed by atoms with van der Waals surface area (Å²) in [6.45, 7) is 1.62. The van der Waals surface area contributed by atoms with Crippen molar-refractivity contribution in [1.29, 1.82) is 0 Å². The fourth-order valence-corrected chi connectivity index (χ4v) is 1.10. The molecule has 66 valence electrons. The van der Waals surface area contributed by atoms with Gasteiger partial charge in [0.2, 0.25) is 5.82 Å². The molecule has 0 amide bonds. The van der Waals surface area contributed by atoms with Crippen molar-refractivity contribution in [3.05, 3.63) is 11.2 Å². The number of rotatable bonds is 1. The first-order chi connectivity index (χ1) is 5.86. The zero-order valence-corrected chi connectivity index (χ0v) is 6.95. The zero-order valence-electron chi connectivity index (χ0n) is 6.20. The molecule has 1 aromatic heterocycles. The number of halogens is 1. The van der Waals surface area contributed by atoms with Crippen LogP contribution in [0.5, 0.6) is 0 Å². The first kappa shape index (κ1) is 7.97. The van der Waals surface area contributed by atoms with E-state index in [1.54, 1.807) is 0 Å². The molecule has 1 unspecified atom stereocenters. The maximum Gasteiger partial charge on any atom is 0.320 e. The minimum atomic E-state index is -0.241. The lowest BCUT2D eigenvalue weighted by atomic mass is 10.3. The zero-order chi connectivity index (χ0) is 8.39. The average Bonchev–Trinajstić information content (AvgIpc) is 2.54. The maximum atomic E-state index is 5.44. The second kappa shape index (κ2) is 3.38. The largest absolute Gasteiger partial charge is 0.376 e. The van der Waals surface area contributed by atoms with Crippen LogP contribution in [0.25, 0.3) is 0 Å². The smallest absolute Gasteiger partial charge is 0.320 e. The second-order valence-electron chi connectivity index (χ2n) is 2.34. The van der Waals surface area contributed by atoms with E-state index in [-0.39, 0.29) is 11.5 Å². The summed E-state index contributed by atoms with van der Waals surface area (Å²) >= 11 is 5.44. The van der Waals surface area contributed by atoms with Crippen LogP contribution >= 0.6 is 11.6 Å². The molecule has 0 bridgehead atoms. The number of aromatic nitrogens is 2. The highest BCUT2D eigenvalue weighted by atomic mass is 35.5. The van der Waals surface area contributed by atoms with Gasteiger partial charge in [-0.25, -0.2) is 0 Å². The average molecular weight is 191 g/mol. The molecule has 1 aliphatic heterocycles.